The molecule has 140 valence electrons. The molecule has 0 aliphatic heterocycles. The molecule has 0 saturated carbocycles. The molecule has 0 atom stereocenters. The van der Waals surface area contributed by atoms with Crippen molar-refractivity contribution in [3.05, 3.63) is 61.3 Å². The number of carbonyl (C=O) groups excluding carboxylic acids is 3. The van der Waals surface area contributed by atoms with Gasteiger partial charge < -0.3 is 4.74 Å². The van der Waals surface area contributed by atoms with Gasteiger partial charge in [0.2, 0.25) is 0 Å². The largest absolute Gasteiger partial charge is 0.451 e. The monoisotopic (exact) mass is 389 g/mol. The maximum atomic E-state index is 12.0. The molecule has 1 aromatic heterocycles. The average Bonchev–Trinajstić information content (AvgIpc) is 3.26. The summed E-state index contributed by atoms with van der Waals surface area (Å²) in [6.45, 7) is -0.540. The first kappa shape index (κ1) is 18.5. The molecule has 1 aromatic carbocycles. The first-order valence-electron chi connectivity index (χ1n) is 8.06. The van der Waals surface area contributed by atoms with Crippen molar-refractivity contribution in [2.45, 2.75) is 19.3 Å². The SMILES string of the molecule is O=C(COC(=O)c1cc2c(s1)CCC2)NNC(=O)c1ccc([N+](=O)[O-])cc1. The quantitative estimate of drug-likeness (QED) is 0.456. The van der Waals surface area contributed by atoms with Gasteiger partial charge in [0.25, 0.3) is 17.5 Å². The Morgan fingerprint density at radius 3 is 2.56 bits per heavy atom. The molecule has 10 heteroatoms. The summed E-state index contributed by atoms with van der Waals surface area (Å²) in [7, 11) is 0. The summed E-state index contributed by atoms with van der Waals surface area (Å²) in [5, 5.41) is 10.6. The summed E-state index contributed by atoms with van der Waals surface area (Å²) in [5.41, 5.74) is 5.40. The van der Waals surface area contributed by atoms with E-state index in [9.17, 15) is 24.5 Å². The Hall–Kier alpha value is -3.27. The third-order valence-electron chi connectivity index (χ3n) is 3.94. The summed E-state index contributed by atoms with van der Waals surface area (Å²) in [6, 6.07) is 6.67. The van der Waals surface area contributed by atoms with Crippen LogP contribution in [0.3, 0.4) is 0 Å². The Morgan fingerprint density at radius 1 is 1.15 bits per heavy atom. The lowest BCUT2D eigenvalue weighted by atomic mass is 10.2. The second kappa shape index (κ2) is 7.96. The van der Waals surface area contributed by atoms with E-state index in [2.05, 4.69) is 10.9 Å². The predicted octanol–water partition coefficient (Wildman–Crippen LogP) is 1.76. The van der Waals surface area contributed by atoms with Crippen LogP contribution in [0.25, 0.3) is 0 Å². The maximum absolute atomic E-state index is 12.0. The van der Waals surface area contributed by atoms with E-state index in [1.54, 1.807) is 6.07 Å². The standard InChI is InChI=1S/C17H15N3O6S/c21-15(9-26-17(23)14-8-11-2-1-3-13(11)27-14)18-19-16(22)10-4-6-12(7-5-10)20(24)25/h4-8H,1-3,9H2,(H,18,21)(H,19,22). The van der Waals surface area contributed by atoms with Crippen molar-refractivity contribution >= 4 is 34.8 Å². The van der Waals surface area contributed by atoms with E-state index in [-0.39, 0.29) is 11.3 Å². The molecule has 1 aliphatic rings. The van der Waals surface area contributed by atoms with Crippen LogP contribution in [0.5, 0.6) is 0 Å². The fourth-order valence-electron chi connectivity index (χ4n) is 2.60. The summed E-state index contributed by atoms with van der Waals surface area (Å²) < 4.78 is 4.94. The molecule has 0 spiro atoms. The van der Waals surface area contributed by atoms with Gasteiger partial charge in [-0.25, -0.2) is 4.79 Å². The first-order chi connectivity index (χ1) is 12.9. The third-order valence-corrected chi connectivity index (χ3v) is 5.16. The number of esters is 1. The molecular weight excluding hydrogens is 374 g/mol. The lowest BCUT2D eigenvalue weighted by Crippen LogP contribution is -2.43. The number of ether oxygens (including phenoxy) is 1. The van der Waals surface area contributed by atoms with Gasteiger partial charge in [-0.1, -0.05) is 0 Å². The van der Waals surface area contributed by atoms with Gasteiger partial charge in [0.15, 0.2) is 6.61 Å². The van der Waals surface area contributed by atoms with Crippen molar-refractivity contribution in [2.75, 3.05) is 6.61 Å². The fourth-order valence-corrected chi connectivity index (χ4v) is 3.75. The number of nitro groups is 1. The van der Waals surface area contributed by atoms with Gasteiger partial charge in [-0.15, -0.1) is 11.3 Å². The Morgan fingerprint density at radius 2 is 1.89 bits per heavy atom. The lowest BCUT2D eigenvalue weighted by Gasteiger charge is -2.07. The van der Waals surface area contributed by atoms with Crippen LogP contribution in [0.15, 0.2) is 30.3 Å². The topological polar surface area (TPSA) is 128 Å². The number of benzene rings is 1. The normalized spacial score (nSPS) is 12.1. The van der Waals surface area contributed by atoms with Crippen molar-refractivity contribution in [3.8, 4) is 0 Å². The molecule has 27 heavy (non-hydrogen) atoms. The first-order valence-corrected chi connectivity index (χ1v) is 8.88. The second-order valence-corrected chi connectivity index (χ2v) is 6.93. The van der Waals surface area contributed by atoms with E-state index in [0.29, 0.717) is 4.88 Å². The Labute approximate surface area is 157 Å². The molecule has 2 N–H and O–H groups in total. The van der Waals surface area contributed by atoms with Crippen LogP contribution < -0.4 is 10.9 Å². The van der Waals surface area contributed by atoms with Gasteiger partial charge in [-0.3, -0.25) is 30.6 Å². The van der Waals surface area contributed by atoms with Gasteiger partial charge >= 0.3 is 5.97 Å². The molecule has 9 nitrogen and oxygen atoms in total. The van der Waals surface area contributed by atoms with E-state index >= 15 is 0 Å². The van der Waals surface area contributed by atoms with Crippen LogP contribution in [-0.2, 0) is 22.4 Å². The lowest BCUT2D eigenvalue weighted by molar-refractivity contribution is -0.384. The highest BCUT2D eigenvalue weighted by molar-refractivity contribution is 7.14. The molecule has 0 fully saturated rings. The fraction of sp³-hybridized carbons (Fsp3) is 0.235. The Kier molecular flexibility index (Phi) is 5.46. The van der Waals surface area contributed by atoms with E-state index in [4.69, 9.17) is 4.74 Å². The number of fused-ring (bicyclic) bond motifs is 1. The number of non-ortho nitro benzene ring substituents is 1. The van der Waals surface area contributed by atoms with Gasteiger partial charge in [-0.05, 0) is 43.0 Å². The number of nitrogens with one attached hydrogen (secondary N) is 2. The molecule has 0 saturated heterocycles. The number of carbonyl (C=O) groups is 3. The molecular formula is C17H15N3O6S. The number of hydrogen-bond donors (Lipinski definition) is 2. The van der Waals surface area contributed by atoms with Crippen LogP contribution in [0, 0.1) is 10.1 Å². The number of thiophene rings is 1. The Balaban J connectivity index is 1.44. The van der Waals surface area contributed by atoms with Gasteiger partial charge in [0.05, 0.1) is 4.92 Å². The maximum Gasteiger partial charge on any atom is 0.348 e. The van der Waals surface area contributed by atoms with Crippen LogP contribution in [0.1, 0.15) is 36.9 Å². The number of rotatable bonds is 5. The van der Waals surface area contributed by atoms with Gasteiger partial charge in [0, 0.05) is 22.6 Å². The van der Waals surface area contributed by atoms with Crippen LogP contribution in [0.4, 0.5) is 5.69 Å². The minimum Gasteiger partial charge on any atom is -0.451 e. The van der Waals surface area contributed by atoms with Crippen LogP contribution in [-0.4, -0.2) is 29.3 Å². The van der Waals surface area contributed by atoms with Crippen molar-refractivity contribution in [1.82, 2.24) is 10.9 Å². The summed E-state index contributed by atoms with van der Waals surface area (Å²) in [4.78, 5) is 47.2. The van der Waals surface area contributed by atoms with Crippen LogP contribution >= 0.6 is 11.3 Å². The van der Waals surface area contributed by atoms with E-state index in [0.717, 1.165) is 24.8 Å². The number of hydrogen-bond acceptors (Lipinski definition) is 7. The van der Waals surface area contributed by atoms with Crippen molar-refractivity contribution in [1.29, 1.82) is 0 Å². The van der Waals surface area contributed by atoms with Crippen LogP contribution in [0.2, 0.25) is 0 Å². The average molecular weight is 389 g/mol. The zero-order valence-corrected chi connectivity index (χ0v) is 14.8. The molecule has 3 rings (SSSR count). The minimum absolute atomic E-state index is 0.131. The highest BCUT2D eigenvalue weighted by Crippen LogP contribution is 2.30. The number of hydrazine groups is 1. The number of nitrogens with zero attached hydrogens (tertiary/aromatic N) is 1. The highest BCUT2D eigenvalue weighted by atomic mass is 32.1. The van der Waals surface area contributed by atoms with Crippen molar-refractivity contribution in [3.63, 3.8) is 0 Å². The molecule has 2 amide bonds. The smallest absolute Gasteiger partial charge is 0.348 e. The molecule has 2 aromatic rings. The Bertz CT molecular complexity index is 884. The number of aryl methyl sites for hydroxylation is 2. The number of nitro benzene ring substituents is 1. The van der Waals surface area contributed by atoms with E-state index in [1.807, 2.05) is 0 Å². The van der Waals surface area contributed by atoms with Gasteiger partial charge in [0.1, 0.15) is 4.88 Å². The molecule has 0 radical (unpaired) electrons. The van der Waals surface area contributed by atoms with E-state index < -0.39 is 29.3 Å². The highest BCUT2D eigenvalue weighted by Gasteiger charge is 2.20. The van der Waals surface area contributed by atoms with E-state index in [1.165, 1.54) is 40.5 Å². The molecule has 1 aliphatic carbocycles. The van der Waals surface area contributed by atoms with Crippen molar-refractivity contribution < 1.29 is 24.0 Å². The summed E-state index contributed by atoms with van der Waals surface area (Å²) in [5.74, 6) is -1.94. The molecule has 0 unspecified atom stereocenters. The summed E-state index contributed by atoms with van der Waals surface area (Å²) >= 11 is 1.38. The predicted molar refractivity (Wildman–Crippen MR) is 95.3 cm³/mol. The number of amides is 2. The zero-order chi connectivity index (χ0) is 19.4. The van der Waals surface area contributed by atoms with Gasteiger partial charge in [-0.2, -0.15) is 0 Å². The second-order valence-electron chi connectivity index (χ2n) is 5.80. The summed E-state index contributed by atoms with van der Waals surface area (Å²) in [6.07, 6.45) is 3.00. The minimum atomic E-state index is -0.706. The third kappa shape index (κ3) is 4.47. The zero-order valence-electron chi connectivity index (χ0n) is 14.0. The molecule has 0 bridgehead atoms. The molecule has 1 heterocycles. The van der Waals surface area contributed by atoms with Crippen molar-refractivity contribution in [2.24, 2.45) is 0 Å².